The monoisotopic (exact) mass is 538 g/mol. The Balaban J connectivity index is 1.63. The molecule has 37 heavy (non-hydrogen) atoms. The van der Waals surface area contributed by atoms with E-state index in [1.807, 2.05) is 19.2 Å². The molecular formula is C26H26N4O5S2. The average Bonchev–Trinajstić information content (AvgIpc) is 3.27. The van der Waals surface area contributed by atoms with Gasteiger partial charge in [0.05, 0.1) is 40.1 Å². The van der Waals surface area contributed by atoms with Crippen LogP contribution in [0.15, 0.2) is 63.4 Å². The van der Waals surface area contributed by atoms with Crippen molar-refractivity contribution in [1.29, 1.82) is 0 Å². The lowest BCUT2D eigenvalue weighted by molar-refractivity contribution is -0.125. The summed E-state index contributed by atoms with van der Waals surface area (Å²) in [7, 11) is -4.02. The van der Waals surface area contributed by atoms with E-state index in [1.165, 1.54) is 21.5 Å². The summed E-state index contributed by atoms with van der Waals surface area (Å²) >= 11 is 1.44. The van der Waals surface area contributed by atoms with E-state index in [1.54, 1.807) is 48.0 Å². The number of nitrogens with zero attached hydrogens (tertiary/aromatic N) is 3. The lowest BCUT2D eigenvalue weighted by Crippen LogP contribution is -2.31. The van der Waals surface area contributed by atoms with Gasteiger partial charge in [0.15, 0.2) is 0 Å². The molecule has 2 heterocycles. The Morgan fingerprint density at radius 1 is 1.27 bits per heavy atom. The molecular weight excluding hydrogens is 512 g/mol. The minimum absolute atomic E-state index is 0.0344. The van der Waals surface area contributed by atoms with Crippen molar-refractivity contribution in [1.82, 2.24) is 14.3 Å². The van der Waals surface area contributed by atoms with E-state index in [0.717, 1.165) is 24.1 Å². The molecule has 1 aliphatic rings. The van der Waals surface area contributed by atoms with Gasteiger partial charge in [-0.15, -0.1) is 11.3 Å². The molecule has 5 rings (SSSR count). The van der Waals surface area contributed by atoms with Crippen LogP contribution in [0.2, 0.25) is 0 Å². The van der Waals surface area contributed by atoms with Crippen LogP contribution in [0, 0.1) is 12.3 Å². The fourth-order valence-corrected chi connectivity index (χ4v) is 6.13. The molecule has 2 N–H and O–H groups in total. The van der Waals surface area contributed by atoms with Crippen molar-refractivity contribution in [3.05, 3.63) is 75.9 Å². The summed E-state index contributed by atoms with van der Waals surface area (Å²) in [4.78, 5) is 17.0. The zero-order valence-corrected chi connectivity index (χ0v) is 22.0. The number of fused-ring (bicyclic) bond motifs is 1. The third-order valence-electron chi connectivity index (χ3n) is 6.55. The highest BCUT2D eigenvalue weighted by Crippen LogP contribution is 2.45. The van der Waals surface area contributed by atoms with Gasteiger partial charge in [-0.3, -0.25) is 4.79 Å². The number of oxime groups is 1. The predicted molar refractivity (Wildman–Crippen MR) is 141 cm³/mol. The van der Waals surface area contributed by atoms with E-state index >= 15 is 0 Å². The number of carbonyl (C=O) groups excluding carboxylic acids is 1. The van der Waals surface area contributed by atoms with Crippen LogP contribution in [-0.4, -0.2) is 34.7 Å². The maximum atomic E-state index is 13.9. The van der Waals surface area contributed by atoms with E-state index in [2.05, 4.69) is 15.5 Å². The number of aryl methyl sites for hydroxylation is 1. The molecule has 1 saturated carbocycles. The van der Waals surface area contributed by atoms with Crippen molar-refractivity contribution in [2.45, 2.75) is 44.7 Å². The lowest BCUT2D eigenvalue weighted by atomic mass is 10.1. The number of hydrogen-bond acceptors (Lipinski definition) is 8. The standard InChI is InChI=1S/C26H26N4O5S2/c1-17-3-5-22(6-4-17)37(33,34)30-21(13-27-25(31)26(2)7-8-26)10-18-9-19(12-29-32)24(11-23(18)30)35-14-20-15-36-16-28-20/h3-6,9-12,15-16,32H,7-8,13-14H2,1-2H3,(H,27,31). The number of hydrogen-bond donors (Lipinski definition) is 2. The Bertz CT molecular complexity index is 1590. The third-order valence-corrected chi connectivity index (χ3v) is 8.97. The highest BCUT2D eigenvalue weighted by atomic mass is 32.2. The van der Waals surface area contributed by atoms with E-state index < -0.39 is 15.4 Å². The molecule has 1 aliphatic carbocycles. The molecule has 0 saturated heterocycles. The fourth-order valence-electron chi connectivity index (χ4n) is 4.06. The SMILES string of the molecule is Cc1ccc(S(=O)(=O)n2c(CNC(=O)C3(C)CC3)cc3cc(C=NO)c(OCc4cscn4)cc32)cc1. The van der Waals surface area contributed by atoms with E-state index in [4.69, 9.17) is 4.74 Å². The first kappa shape index (κ1) is 25.0. The Hall–Kier alpha value is -3.70. The summed E-state index contributed by atoms with van der Waals surface area (Å²) in [5.74, 6) is 0.232. The molecule has 4 aromatic rings. The lowest BCUT2D eigenvalue weighted by Gasteiger charge is -2.15. The molecule has 1 fully saturated rings. The van der Waals surface area contributed by atoms with Gasteiger partial charge in [0.25, 0.3) is 10.0 Å². The minimum atomic E-state index is -4.02. The summed E-state index contributed by atoms with van der Waals surface area (Å²) in [5.41, 5.74) is 4.20. The van der Waals surface area contributed by atoms with Gasteiger partial charge in [0.1, 0.15) is 12.4 Å². The molecule has 0 atom stereocenters. The van der Waals surface area contributed by atoms with Crippen LogP contribution in [-0.2, 0) is 28.0 Å². The molecule has 0 bridgehead atoms. The summed E-state index contributed by atoms with van der Waals surface area (Å²) in [6, 6.07) is 11.6. The number of benzene rings is 2. The van der Waals surface area contributed by atoms with Crippen LogP contribution in [0.5, 0.6) is 5.75 Å². The smallest absolute Gasteiger partial charge is 0.268 e. The Kier molecular flexibility index (Phi) is 6.50. The van der Waals surface area contributed by atoms with Crippen LogP contribution in [0.4, 0.5) is 0 Å². The largest absolute Gasteiger partial charge is 0.486 e. The van der Waals surface area contributed by atoms with Crippen molar-refractivity contribution in [2.75, 3.05) is 0 Å². The van der Waals surface area contributed by atoms with Crippen molar-refractivity contribution in [3.8, 4) is 5.75 Å². The van der Waals surface area contributed by atoms with Crippen LogP contribution >= 0.6 is 11.3 Å². The Morgan fingerprint density at radius 2 is 2.03 bits per heavy atom. The Morgan fingerprint density at radius 3 is 2.68 bits per heavy atom. The van der Waals surface area contributed by atoms with Crippen LogP contribution < -0.4 is 10.1 Å². The van der Waals surface area contributed by atoms with Gasteiger partial charge in [-0.2, -0.15) is 0 Å². The molecule has 0 unspecified atom stereocenters. The van der Waals surface area contributed by atoms with E-state index in [0.29, 0.717) is 27.9 Å². The number of rotatable bonds is 9. The second-order valence-electron chi connectivity index (χ2n) is 9.42. The first-order chi connectivity index (χ1) is 17.7. The van der Waals surface area contributed by atoms with Crippen LogP contribution in [0.3, 0.4) is 0 Å². The highest BCUT2D eigenvalue weighted by Gasteiger charge is 2.44. The average molecular weight is 539 g/mol. The molecule has 2 aromatic carbocycles. The van der Waals surface area contributed by atoms with Crippen molar-refractivity contribution < 1.29 is 23.2 Å². The summed E-state index contributed by atoms with van der Waals surface area (Å²) < 4.78 is 35.0. The van der Waals surface area contributed by atoms with Gasteiger partial charge in [0, 0.05) is 27.8 Å². The van der Waals surface area contributed by atoms with Crippen molar-refractivity contribution in [3.63, 3.8) is 0 Å². The fraction of sp³-hybridized carbons (Fsp3) is 0.269. The van der Waals surface area contributed by atoms with E-state index in [9.17, 15) is 18.4 Å². The zero-order chi connectivity index (χ0) is 26.2. The number of aromatic nitrogens is 2. The molecule has 0 spiro atoms. The van der Waals surface area contributed by atoms with Crippen LogP contribution in [0.25, 0.3) is 10.9 Å². The van der Waals surface area contributed by atoms with Gasteiger partial charge < -0.3 is 15.3 Å². The Labute approximate surface area is 218 Å². The molecule has 0 radical (unpaired) electrons. The molecule has 192 valence electrons. The second-order valence-corrected chi connectivity index (χ2v) is 11.9. The molecule has 11 heteroatoms. The number of nitrogens with one attached hydrogen (secondary N) is 1. The first-order valence-corrected chi connectivity index (χ1v) is 14.1. The first-order valence-electron chi connectivity index (χ1n) is 11.7. The second kappa shape index (κ2) is 9.64. The summed E-state index contributed by atoms with van der Waals surface area (Å²) in [5, 5.41) is 17.7. The molecule has 2 aromatic heterocycles. The van der Waals surface area contributed by atoms with Gasteiger partial charge in [-0.1, -0.05) is 29.8 Å². The highest BCUT2D eigenvalue weighted by molar-refractivity contribution is 7.90. The van der Waals surface area contributed by atoms with Gasteiger partial charge in [-0.25, -0.2) is 17.4 Å². The number of amides is 1. The predicted octanol–water partition coefficient (Wildman–Crippen LogP) is 4.45. The van der Waals surface area contributed by atoms with Crippen molar-refractivity contribution >= 4 is 44.4 Å². The topological polar surface area (TPSA) is 123 Å². The van der Waals surface area contributed by atoms with Gasteiger partial charge in [-0.05, 0) is 44.0 Å². The van der Waals surface area contributed by atoms with Gasteiger partial charge in [0.2, 0.25) is 5.91 Å². The maximum absolute atomic E-state index is 13.9. The normalized spacial score (nSPS) is 14.8. The number of thiazole rings is 1. The number of ether oxygens (including phenoxy) is 1. The summed E-state index contributed by atoms with van der Waals surface area (Å²) in [6.45, 7) is 3.98. The van der Waals surface area contributed by atoms with Gasteiger partial charge >= 0.3 is 0 Å². The number of carbonyl (C=O) groups is 1. The van der Waals surface area contributed by atoms with Crippen LogP contribution in [0.1, 0.15) is 42.3 Å². The van der Waals surface area contributed by atoms with Crippen molar-refractivity contribution in [2.24, 2.45) is 10.6 Å². The molecule has 0 aliphatic heterocycles. The summed E-state index contributed by atoms with van der Waals surface area (Å²) in [6.07, 6.45) is 2.86. The quantitative estimate of drug-likeness (QED) is 0.184. The van der Waals surface area contributed by atoms with E-state index in [-0.39, 0.29) is 24.0 Å². The maximum Gasteiger partial charge on any atom is 0.268 e. The third kappa shape index (κ3) is 4.96. The minimum Gasteiger partial charge on any atom is -0.486 e. The zero-order valence-electron chi connectivity index (χ0n) is 20.3. The molecule has 9 nitrogen and oxygen atoms in total. The molecule has 1 amide bonds.